The maximum Gasteiger partial charge on any atom is 0.0635 e. The predicted molar refractivity (Wildman–Crippen MR) is 62.3 cm³/mol. The van der Waals surface area contributed by atoms with Crippen LogP contribution in [0.3, 0.4) is 0 Å². The van der Waals surface area contributed by atoms with Gasteiger partial charge in [-0.3, -0.25) is 4.90 Å². The number of nitrogens with two attached hydrogens (primary N) is 1. The predicted octanol–water partition coefficient (Wildman–Crippen LogP) is 1.88. The molecule has 0 amide bonds. The molecule has 3 nitrogen and oxygen atoms in total. The van der Waals surface area contributed by atoms with E-state index in [9.17, 15) is 0 Å². The minimum atomic E-state index is 0.305. The molecule has 0 aromatic heterocycles. The second-order valence-corrected chi connectivity index (χ2v) is 4.76. The summed E-state index contributed by atoms with van der Waals surface area (Å²) >= 11 is 0. The molecule has 15 heavy (non-hydrogen) atoms. The highest BCUT2D eigenvalue weighted by Gasteiger charge is 2.28. The summed E-state index contributed by atoms with van der Waals surface area (Å²) < 4.78 is 0. The van der Waals surface area contributed by atoms with Gasteiger partial charge >= 0.3 is 0 Å². The Hall–Kier alpha value is -0.590. The van der Waals surface area contributed by atoms with Gasteiger partial charge in [0.2, 0.25) is 0 Å². The molecule has 0 aromatic rings. The van der Waals surface area contributed by atoms with Gasteiger partial charge in [-0.15, -0.1) is 0 Å². The highest BCUT2D eigenvalue weighted by molar-refractivity contribution is 4.88. The van der Waals surface area contributed by atoms with Crippen molar-refractivity contribution in [3.63, 3.8) is 0 Å². The molecule has 0 bridgehead atoms. The second kappa shape index (κ2) is 6.09. The third-order valence-electron chi connectivity index (χ3n) is 3.35. The normalized spacial score (nSPS) is 26.9. The van der Waals surface area contributed by atoms with Gasteiger partial charge in [0, 0.05) is 31.1 Å². The number of nitriles is 1. The molecule has 0 aliphatic heterocycles. The summed E-state index contributed by atoms with van der Waals surface area (Å²) in [5, 5.41) is 8.65. The van der Waals surface area contributed by atoms with Gasteiger partial charge in [0.25, 0.3) is 0 Å². The van der Waals surface area contributed by atoms with Crippen LogP contribution in [0, 0.1) is 11.3 Å². The van der Waals surface area contributed by atoms with E-state index in [0.717, 1.165) is 13.0 Å². The quantitative estimate of drug-likeness (QED) is 0.769. The molecule has 2 atom stereocenters. The van der Waals surface area contributed by atoms with Gasteiger partial charge in [0.05, 0.1) is 6.07 Å². The fourth-order valence-electron chi connectivity index (χ4n) is 2.54. The molecule has 3 heteroatoms. The molecule has 0 aromatic carbocycles. The lowest BCUT2D eigenvalue weighted by atomic mass is 9.89. The highest BCUT2D eigenvalue weighted by Crippen LogP contribution is 2.23. The molecule has 1 fully saturated rings. The van der Waals surface area contributed by atoms with Crippen molar-refractivity contribution in [3.05, 3.63) is 0 Å². The van der Waals surface area contributed by atoms with Crippen LogP contribution in [-0.4, -0.2) is 29.6 Å². The van der Waals surface area contributed by atoms with Crippen LogP contribution in [0.2, 0.25) is 0 Å². The number of rotatable bonds is 4. The fourth-order valence-corrected chi connectivity index (χ4v) is 2.54. The largest absolute Gasteiger partial charge is 0.326 e. The van der Waals surface area contributed by atoms with E-state index >= 15 is 0 Å². The lowest BCUT2D eigenvalue weighted by molar-refractivity contribution is 0.107. The summed E-state index contributed by atoms with van der Waals surface area (Å²) in [5.41, 5.74) is 6.16. The van der Waals surface area contributed by atoms with Crippen molar-refractivity contribution in [2.24, 2.45) is 5.73 Å². The molecule has 1 aliphatic carbocycles. The topological polar surface area (TPSA) is 53.0 Å². The standard InChI is InChI=1S/C12H23N3/c1-10(2)15(9-5-8-13)12-7-4-3-6-11(12)14/h10-12H,3-7,9,14H2,1-2H3. The van der Waals surface area contributed by atoms with Gasteiger partial charge in [0.15, 0.2) is 0 Å². The minimum Gasteiger partial charge on any atom is -0.326 e. The number of hydrogen-bond donors (Lipinski definition) is 1. The van der Waals surface area contributed by atoms with Gasteiger partial charge in [-0.25, -0.2) is 0 Å². The smallest absolute Gasteiger partial charge is 0.0635 e. The lowest BCUT2D eigenvalue weighted by Crippen LogP contribution is -2.52. The fraction of sp³-hybridized carbons (Fsp3) is 0.917. The van der Waals surface area contributed by atoms with Crippen LogP contribution in [0.15, 0.2) is 0 Å². The van der Waals surface area contributed by atoms with Crippen LogP contribution in [0.1, 0.15) is 46.0 Å². The van der Waals surface area contributed by atoms with Crippen molar-refractivity contribution in [3.8, 4) is 6.07 Å². The summed E-state index contributed by atoms with van der Waals surface area (Å²) in [6.45, 7) is 5.25. The molecule has 1 saturated carbocycles. The van der Waals surface area contributed by atoms with E-state index in [-0.39, 0.29) is 0 Å². The van der Waals surface area contributed by atoms with Crippen LogP contribution >= 0.6 is 0 Å². The van der Waals surface area contributed by atoms with Crippen molar-refractivity contribution in [1.29, 1.82) is 5.26 Å². The number of nitrogens with zero attached hydrogens (tertiary/aromatic N) is 2. The van der Waals surface area contributed by atoms with Crippen molar-refractivity contribution < 1.29 is 0 Å². The van der Waals surface area contributed by atoms with E-state index < -0.39 is 0 Å². The molecule has 0 saturated heterocycles. The van der Waals surface area contributed by atoms with Gasteiger partial charge < -0.3 is 5.73 Å². The maximum absolute atomic E-state index is 8.65. The molecular formula is C12H23N3. The molecule has 86 valence electrons. The van der Waals surface area contributed by atoms with Crippen LogP contribution in [0.5, 0.6) is 0 Å². The first-order valence-corrected chi connectivity index (χ1v) is 6.05. The van der Waals surface area contributed by atoms with Crippen molar-refractivity contribution in [2.45, 2.75) is 64.1 Å². The first-order chi connectivity index (χ1) is 7.16. The van der Waals surface area contributed by atoms with E-state index in [1.807, 2.05) is 0 Å². The van der Waals surface area contributed by atoms with E-state index in [1.165, 1.54) is 19.3 Å². The minimum absolute atomic E-state index is 0.305. The second-order valence-electron chi connectivity index (χ2n) is 4.76. The number of hydrogen-bond acceptors (Lipinski definition) is 3. The molecule has 0 radical (unpaired) electrons. The van der Waals surface area contributed by atoms with Crippen molar-refractivity contribution in [2.75, 3.05) is 6.54 Å². The van der Waals surface area contributed by atoms with E-state index in [2.05, 4.69) is 24.8 Å². The Labute approximate surface area is 93.2 Å². The maximum atomic E-state index is 8.65. The molecule has 2 unspecified atom stereocenters. The molecule has 0 heterocycles. The zero-order chi connectivity index (χ0) is 11.3. The first-order valence-electron chi connectivity index (χ1n) is 6.05. The summed E-state index contributed by atoms with van der Waals surface area (Å²) in [6, 6.07) is 3.52. The lowest BCUT2D eigenvalue weighted by Gasteiger charge is -2.40. The van der Waals surface area contributed by atoms with Crippen LogP contribution in [-0.2, 0) is 0 Å². The average Bonchev–Trinajstić information content (AvgIpc) is 2.20. The van der Waals surface area contributed by atoms with E-state index in [1.54, 1.807) is 0 Å². The SMILES string of the molecule is CC(C)N(CCC#N)C1CCCCC1N. The average molecular weight is 209 g/mol. The Morgan fingerprint density at radius 2 is 2.07 bits per heavy atom. The summed E-state index contributed by atoms with van der Waals surface area (Å²) in [7, 11) is 0. The molecule has 0 spiro atoms. The Morgan fingerprint density at radius 1 is 1.40 bits per heavy atom. The third kappa shape index (κ3) is 3.48. The van der Waals surface area contributed by atoms with Crippen molar-refractivity contribution >= 4 is 0 Å². The Morgan fingerprint density at radius 3 is 2.60 bits per heavy atom. The summed E-state index contributed by atoms with van der Waals surface area (Å²) in [4.78, 5) is 2.41. The third-order valence-corrected chi connectivity index (χ3v) is 3.35. The summed E-state index contributed by atoms with van der Waals surface area (Å²) in [5.74, 6) is 0. The van der Waals surface area contributed by atoms with E-state index in [0.29, 0.717) is 24.5 Å². The Bertz CT molecular complexity index is 219. The zero-order valence-corrected chi connectivity index (χ0v) is 9.95. The Kier molecular flexibility index (Phi) is 5.07. The summed E-state index contributed by atoms with van der Waals surface area (Å²) in [6.07, 6.45) is 5.50. The van der Waals surface area contributed by atoms with Gasteiger partial charge in [-0.05, 0) is 26.7 Å². The van der Waals surface area contributed by atoms with Crippen LogP contribution in [0.4, 0.5) is 0 Å². The molecule has 2 N–H and O–H groups in total. The molecule has 1 aliphatic rings. The highest BCUT2D eigenvalue weighted by atomic mass is 15.2. The molecule has 1 rings (SSSR count). The van der Waals surface area contributed by atoms with Gasteiger partial charge in [-0.2, -0.15) is 5.26 Å². The first kappa shape index (κ1) is 12.5. The monoisotopic (exact) mass is 209 g/mol. The van der Waals surface area contributed by atoms with E-state index in [4.69, 9.17) is 11.0 Å². The van der Waals surface area contributed by atoms with Crippen LogP contribution < -0.4 is 5.73 Å². The Balaban J connectivity index is 2.57. The molecular weight excluding hydrogens is 186 g/mol. The van der Waals surface area contributed by atoms with Crippen molar-refractivity contribution in [1.82, 2.24) is 4.90 Å². The van der Waals surface area contributed by atoms with Crippen LogP contribution in [0.25, 0.3) is 0 Å². The van der Waals surface area contributed by atoms with Gasteiger partial charge in [-0.1, -0.05) is 12.8 Å². The zero-order valence-electron chi connectivity index (χ0n) is 9.95. The van der Waals surface area contributed by atoms with Gasteiger partial charge in [0.1, 0.15) is 0 Å².